The van der Waals surface area contributed by atoms with E-state index in [9.17, 15) is 34.2 Å². The van der Waals surface area contributed by atoms with E-state index in [4.69, 9.17) is 4.74 Å². The topological polar surface area (TPSA) is 177 Å². The minimum Gasteiger partial charge on any atom is -0.790 e. The molecule has 0 bridgehead atoms. The predicted octanol–water partition coefficient (Wildman–Crippen LogP) is -4.00. The highest BCUT2D eigenvalue weighted by Crippen LogP contribution is 2.32. The summed E-state index contributed by atoms with van der Waals surface area (Å²) in [7, 11) is -5.26. The number of hydrogen-bond donors (Lipinski definition) is 3. The van der Waals surface area contributed by atoms with E-state index in [1.807, 2.05) is 4.98 Å². The summed E-state index contributed by atoms with van der Waals surface area (Å²) in [6.45, 7) is -0.808. The van der Waals surface area contributed by atoms with Crippen molar-refractivity contribution in [1.82, 2.24) is 9.55 Å². The number of aliphatic hydroxyl groups excluding tert-OH is 2. The van der Waals surface area contributed by atoms with Crippen LogP contribution >= 0.6 is 7.82 Å². The van der Waals surface area contributed by atoms with E-state index in [1.54, 1.807) is 0 Å². The highest BCUT2D eigenvalue weighted by Gasteiger charge is 2.44. The zero-order chi connectivity index (χ0) is 15.8. The van der Waals surface area contributed by atoms with E-state index in [2.05, 4.69) is 4.52 Å². The van der Waals surface area contributed by atoms with Gasteiger partial charge in [0.2, 0.25) is 0 Å². The van der Waals surface area contributed by atoms with Crippen LogP contribution in [-0.4, -0.2) is 44.7 Å². The number of aliphatic hydroxyl groups is 2. The Labute approximate surface area is 116 Å². The maximum Gasteiger partial charge on any atom is 0.330 e. The van der Waals surface area contributed by atoms with Gasteiger partial charge in [0, 0.05) is 12.3 Å². The molecule has 0 saturated carbocycles. The molecule has 0 amide bonds. The lowest BCUT2D eigenvalue weighted by Crippen LogP contribution is -2.37. The summed E-state index contributed by atoms with van der Waals surface area (Å²) in [4.78, 5) is 45.2. The highest BCUT2D eigenvalue weighted by molar-refractivity contribution is 7.43. The molecule has 0 spiro atoms. The van der Waals surface area contributed by atoms with E-state index >= 15 is 0 Å². The Hall–Kier alpha value is -1.33. The van der Waals surface area contributed by atoms with E-state index in [0.717, 1.165) is 16.8 Å². The third kappa shape index (κ3) is 3.66. The first-order chi connectivity index (χ1) is 9.69. The fourth-order valence-corrected chi connectivity index (χ4v) is 2.22. The Bertz CT molecular complexity index is 664. The number of nitrogens with one attached hydrogen (secondary N) is 1. The minimum absolute atomic E-state index is 0.664. The van der Waals surface area contributed by atoms with Crippen LogP contribution < -0.4 is 21.0 Å². The molecule has 0 aliphatic carbocycles. The maximum absolute atomic E-state index is 11.6. The highest BCUT2D eigenvalue weighted by atomic mass is 31.2. The number of phosphoric ester groups is 1. The molecular formula is C9H11N2O9P-2. The van der Waals surface area contributed by atoms with Gasteiger partial charge in [-0.1, -0.05) is 0 Å². The molecular weight excluding hydrogens is 311 g/mol. The zero-order valence-corrected chi connectivity index (χ0v) is 11.2. The van der Waals surface area contributed by atoms with Gasteiger partial charge in [-0.2, -0.15) is 0 Å². The van der Waals surface area contributed by atoms with E-state index in [-0.39, 0.29) is 0 Å². The van der Waals surface area contributed by atoms with Crippen molar-refractivity contribution in [2.24, 2.45) is 0 Å². The molecule has 1 aromatic heterocycles. The molecule has 118 valence electrons. The Morgan fingerprint density at radius 3 is 2.62 bits per heavy atom. The molecule has 1 fully saturated rings. The van der Waals surface area contributed by atoms with Crippen LogP contribution in [0.1, 0.15) is 6.23 Å². The first-order valence-electron chi connectivity index (χ1n) is 5.69. The molecule has 3 N–H and O–H groups in total. The van der Waals surface area contributed by atoms with Gasteiger partial charge in [0.15, 0.2) is 6.23 Å². The van der Waals surface area contributed by atoms with Crippen molar-refractivity contribution in [1.29, 1.82) is 0 Å². The number of nitrogens with zero attached hydrogens (tertiary/aromatic N) is 1. The van der Waals surface area contributed by atoms with Crippen molar-refractivity contribution < 1.29 is 33.8 Å². The van der Waals surface area contributed by atoms with Crippen LogP contribution in [-0.2, 0) is 13.8 Å². The predicted molar refractivity (Wildman–Crippen MR) is 60.8 cm³/mol. The molecule has 0 unspecified atom stereocenters. The van der Waals surface area contributed by atoms with E-state index in [1.165, 1.54) is 0 Å². The average molecular weight is 322 g/mol. The lowest BCUT2D eigenvalue weighted by molar-refractivity contribution is -0.343. The maximum atomic E-state index is 11.6. The molecule has 11 nitrogen and oxygen atoms in total. The normalized spacial score (nSPS) is 29.7. The van der Waals surface area contributed by atoms with Crippen molar-refractivity contribution in [2.75, 3.05) is 6.61 Å². The summed E-state index contributed by atoms with van der Waals surface area (Å²) in [5.41, 5.74) is -1.55. The number of aromatic amines is 1. The summed E-state index contributed by atoms with van der Waals surface area (Å²) < 4.78 is 20.3. The molecule has 1 aliphatic heterocycles. The summed E-state index contributed by atoms with van der Waals surface area (Å²) in [6.07, 6.45) is -4.83. The second kappa shape index (κ2) is 5.81. The van der Waals surface area contributed by atoms with Crippen molar-refractivity contribution in [3.63, 3.8) is 0 Å². The van der Waals surface area contributed by atoms with Gasteiger partial charge in [-0.15, -0.1) is 0 Å². The number of hydrogen-bond acceptors (Lipinski definition) is 9. The van der Waals surface area contributed by atoms with Gasteiger partial charge >= 0.3 is 5.69 Å². The Morgan fingerprint density at radius 1 is 1.38 bits per heavy atom. The quantitative estimate of drug-likeness (QED) is 0.466. The lowest BCUT2D eigenvalue weighted by Gasteiger charge is -2.30. The third-order valence-corrected chi connectivity index (χ3v) is 3.32. The van der Waals surface area contributed by atoms with Crippen molar-refractivity contribution in [2.45, 2.75) is 24.5 Å². The number of ether oxygens (including phenoxy) is 1. The van der Waals surface area contributed by atoms with Crippen LogP contribution in [0, 0.1) is 0 Å². The van der Waals surface area contributed by atoms with Gasteiger partial charge in [0.05, 0.1) is 14.4 Å². The van der Waals surface area contributed by atoms with Gasteiger partial charge in [-0.3, -0.25) is 14.3 Å². The number of aromatic nitrogens is 2. The van der Waals surface area contributed by atoms with E-state index in [0.29, 0.717) is 0 Å². The fourth-order valence-electron chi connectivity index (χ4n) is 1.89. The van der Waals surface area contributed by atoms with Crippen LogP contribution in [0.3, 0.4) is 0 Å². The van der Waals surface area contributed by atoms with Gasteiger partial charge < -0.3 is 33.8 Å². The molecule has 1 saturated heterocycles. The molecule has 4 atom stereocenters. The van der Waals surface area contributed by atoms with Gasteiger partial charge in [0.1, 0.15) is 18.3 Å². The number of rotatable bonds is 4. The second-order valence-corrected chi connectivity index (χ2v) is 5.46. The van der Waals surface area contributed by atoms with Crippen LogP contribution in [0.2, 0.25) is 0 Å². The molecule has 2 heterocycles. The average Bonchev–Trinajstić information content (AvgIpc) is 2.64. The van der Waals surface area contributed by atoms with Crippen LogP contribution in [0.5, 0.6) is 0 Å². The fraction of sp³-hybridized carbons (Fsp3) is 0.556. The van der Waals surface area contributed by atoms with Crippen molar-refractivity contribution in [3.05, 3.63) is 33.1 Å². The third-order valence-electron chi connectivity index (χ3n) is 2.86. The summed E-state index contributed by atoms with van der Waals surface area (Å²) in [5.74, 6) is 0. The van der Waals surface area contributed by atoms with E-state index < -0.39 is 50.2 Å². The molecule has 21 heavy (non-hydrogen) atoms. The summed E-state index contributed by atoms with van der Waals surface area (Å²) >= 11 is 0. The van der Waals surface area contributed by atoms with Crippen LogP contribution in [0.4, 0.5) is 0 Å². The Balaban J connectivity index is 2.18. The molecule has 1 aliphatic rings. The molecule has 0 aromatic carbocycles. The molecule has 2 rings (SSSR count). The first kappa shape index (κ1) is 16.0. The summed E-state index contributed by atoms with van der Waals surface area (Å²) in [6, 6.07) is 0.997. The Kier molecular flexibility index (Phi) is 4.44. The number of phosphoric acid groups is 1. The standard InChI is InChI=1S/C9H13N2O9P/c12-5-1-2-11(9(15)10-5)8-7(14)6(13)4(20-8)3-19-21(16,17)18/h1-2,4,6-8,13-14H,3H2,(H,10,12,15)(H2,16,17,18)/p-2/t4-,6-,7+,8+/m1/s1. The first-order valence-corrected chi connectivity index (χ1v) is 7.15. The largest absolute Gasteiger partial charge is 0.790 e. The monoisotopic (exact) mass is 322 g/mol. The second-order valence-electron chi connectivity index (χ2n) is 4.31. The smallest absolute Gasteiger partial charge is 0.330 e. The summed E-state index contributed by atoms with van der Waals surface area (Å²) in [5, 5.41) is 19.5. The molecule has 12 heteroatoms. The van der Waals surface area contributed by atoms with Gasteiger partial charge in [-0.05, 0) is 0 Å². The molecule has 0 radical (unpaired) electrons. The molecule has 1 aromatic rings. The van der Waals surface area contributed by atoms with Gasteiger partial charge in [-0.25, -0.2) is 4.79 Å². The van der Waals surface area contributed by atoms with Gasteiger partial charge in [0.25, 0.3) is 5.56 Å². The van der Waals surface area contributed by atoms with Crippen molar-refractivity contribution in [3.8, 4) is 0 Å². The Morgan fingerprint density at radius 2 is 2.05 bits per heavy atom. The van der Waals surface area contributed by atoms with Crippen molar-refractivity contribution >= 4 is 7.82 Å². The minimum atomic E-state index is -5.26. The van der Waals surface area contributed by atoms with Crippen LogP contribution in [0.15, 0.2) is 21.9 Å². The lowest BCUT2D eigenvalue weighted by atomic mass is 10.1. The SMILES string of the molecule is O=c1ccn([C@H]2O[C@H](COP(=O)([O-])[O-])[C@@H](O)[C@@H]2O)c(=O)[nH]1. The van der Waals surface area contributed by atoms with Crippen LogP contribution in [0.25, 0.3) is 0 Å². The number of H-pyrrole nitrogens is 1. The zero-order valence-electron chi connectivity index (χ0n) is 10.3.